The van der Waals surface area contributed by atoms with Gasteiger partial charge >= 0.3 is 51.4 Å². The van der Waals surface area contributed by atoms with Crippen LogP contribution in [-0.4, -0.2) is 11.7 Å². The molecule has 0 saturated carbocycles. The maximum Gasteiger partial charge on any atom is 1.00 e. The van der Waals surface area contributed by atoms with Crippen LogP contribution in [0.5, 0.6) is 0 Å². The van der Waals surface area contributed by atoms with Gasteiger partial charge in [0, 0.05) is 11.8 Å². The maximum absolute atomic E-state index is 9.96. The predicted octanol–water partition coefficient (Wildman–Crippen LogP) is -0.120. The predicted molar refractivity (Wildman–Crippen MR) is 45.6 cm³/mol. The van der Waals surface area contributed by atoms with Crippen LogP contribution in [0.4, 0.5) is 0 Å². The van der Waals surface area contributed by atoms with E-state index in [0.29, 0.717) is 6.42 Å². The molecule has 0 rings (SSSR count). The summed E-state index contributed by atoms with van der Waals surface area (Å²) in [6.45, 7) is 2.16. The van der Waals surface area contributed by atoms with Crippen molar-refractivity contribution in [2.24, 2.45) is 0 Å². The second-order valence-corrected chi connectivity index (χ2v) is 3.11. The molecule has 0 aromatic rings. The third-order valence-electron chi connectivity index (χ3n) is 1.47. The van der Waals surface area contributed by atoms with Gasteiger partial charge in [-0.3, -0.25) is 0 Å². The number of carbonyl (C=O) groups excluding carboxylic acids is 1. The van der Waals surface area contributed by atoms with Crippen LogP contribution in [0.25, 0.3) is 0 Å². The number of alkyl halides is 1. The standard InChI is InChI=1S/C8H15ClO.K.H/c1-2-3-4-5-8(9)6-7-10;;/h7-8H,2-6H2,1H3;;/q;+1;-1. The first-order chi connectivity index (χ1) is 4.81. The van der Waals surface area contributed by atoms with Crippen LogP contribution in [0.15, 0.2) is 0 Å². The van der Waals surface area contributed by atoms with Crippen molar-refractivity contribution in [2.45, 2.75) is 44.4 Å². The van der Waals surface area contributed by atoms with Gasteiger partial charge in [0.25, 0.3) is 0 Å². The zero-order valence-corrected chi connectivity index (χ0v) is 11.4. The topological polar surface area (TPSA) is 17.1 Å². The van der Waals surface area contributed by atoms with Gasteiger partial charge in [-0.15, -0.1) is 11.6 Å². The van der Waals surface area contributed by atoms with Gasteiger partial charge in [0.05, 0.1) is 0 Å². The Morgan fingerprint density at radius 2 is 2.18 bits per heavy atom. The van der Waals surface area contributed by atoms with Crippen molar-refractivity contribution < 1.29 is 57.6 Å². The molecule has 1 unspecified atom stereocenters. The molecule has 0 aliphatic rings. The summed E-state index contributed by atoms with van der Waals surface area (Å²) < 4.78 is 0. The van der Waals surface area contributed by atoms with E-state index < -0.39 is 0 Å². The summed E-state index contributed by atoms with van der Waals surface area (Å²) in [6.07, 6.45) is 5.97. The number of hydrogen-bond acceptors (Lipinski definition) is 1. The van der Waals surface area contributed by atoms with Crippen LogP contribution < -0.4 is 51.4 Å². The first kappa shape index (κ1) is 15.1. The van der Waals surface area contributed by atoms with Gasteiger partial charge in [-0.2, -0.15) is 0 Å². The smallest absolute Gasteiger partial charge is 1.00 e. The molecule has 0 radical (unpaired) electrons. The second-order valence-electron chi connectivity index (χ2n) is 2.50. The Hall–Kier alpha value is 1.60. The van der Waals surface area contributed by atoms with E-state index in [-0.39, 0.29) is 58.2 Å². The summed E-state index contributed by atoms with van der Waals surface area (Å²) in [4.78, 5) is 9.96. The van der Waals surface area contributed by atoms with Crippen LogP contribution >= 0.6 is 11.6 Å². The van der Waals surface area contributed by atoms with Crippen LogP contribution in [-0.2, 0) is 4.79 Å². The zero-order chi connectivity index (χ0) is 7.82. The van der Waals surface area contributed by atoms with E-state index in [1.54, 1.807) is 0 Å². The molecule has 0 aliphatic heterocycles. The average Bonchev–Trinajstić information content (AvgIpc) is 1.89. The van der Waals surface area contributed by atoms with E-state index in [4.69, 9.17) is 11.6 Å². The largest absolute Gasteiger partial charge is 1.00 e. The van der Waals surface area contributed by atoms with Crippen molar-refractivity contribution in [1.29, 1.82) is 0 Å². The molecule has 62 valence electrons. The van der Waals surface area contributed by atoms with Gasteiger partial charge in [-0.25, -0.2) is 0 Å². The average molecular weight is 203 g/mol. The molecule has 0 spiro atoms. The minimum absolute atomic E-state index is 0. The van der Waals surface area contributed by atoms with Gasteiger partial charge < -0.3 is 6.22 Å². The Morgan fingerprint density at radius 1 is 1.55 bits per heavy atom. The normalized spacial score (nSPS) is 11.8. The number of aldehydes is 1. The molecule has 0 aromatic carbocycles. The number of hydrogen-bond donors (Lipinski definition) is 0. The van der Waals surface area contributed by atoms with Gasteiger partial charge in [0.1, 0.15) is 6.29 Å². The quantitative estimate of drug-likeness (QED) is 0.254. The number of halogens is 1. The fourth-order valence-electron chi connectivity index (χ4n) is 0.838. The van der Waals surface area contributed by atoms with E-state index >= 15 is 0 Å². The first-order valence-corrected chi connectivity index (χ1v) is 4.32. The number of rotatable bonds is 6. The summed E-state index contributed by atoms with van der Waals surface area (Å²) in [6, 6.07) is 0. The van der Waals surface area contributed by atoms with Crippen LogP contribution in [0.2, 0.25) is 0 Å². The molecule has 0 N–H and O–H groups in total. The first-order valence-electron chi connectivity index (χ1n) is 3.89. The zero-order valence-electron chi connectivity index (χ0n) is 8.48. The summed E-state index contributed by atoms with van der Waals surface area (Å²) in [5, 5.41) is 0.0732. The van der Waals surface area contributed by atoms with Crippen molar-refractivity contribution in [3.05, 3.63) is 0 Å². The van der Waals surface area contributed by atoms with Crippen molar-refractivity contribution in [2.75, 3.05) is 0 Å². The van der Waals surface area contributed by atoms with Crippen LogP contribution in [0, 0.1) is 0 Å². The number of carbonyl (C=O) groups is 1. The fraction of sp³-hybridized carbons (Fsp3) is 0.875. The summed E-state index contributed by atoms with van der Waals surface area (Å²) in [5.74, 6) is 0. The molecule has 0 heterocycles. The van der Waals surface area contributed by atoms with Gasteiger partial charge in [0.15, 0.2) is 0 Å². The van der Waals surface area contributed by atoms with E-state index in [0.717, 1.165) is 19.1 Å². The molecule has 0 aliphatic carbocycles. The summed E-state index contributed by atoms with van der Waals surface area (Å²) >= 11 is 5.79. The molecule has 1 nitrogen and oxygen atoms in total. The molecule has 0 saturated heterocycles. The van der Waals surface area contributed by atoms with E-state index in [1.807, 2.05) is 0 Å². The molecule has 11 heavy (non-hydrogen) atoms. The van der Waals surface area contributed by atoms with Crippen molar-refractivity contribution in [3.8, 4) is 0 Å². The van der Waals surface area contributed by atoms with Crippen molar-refractivity contribution >= 4 is 17.9 Å². The van der Waals surface area contributed by atoms with E-state index in [1.165, 1.54) is 12.8 Å². The fourth-order valence-corrected chi connectivity index (χ4v) is 1.07. The van der Waals surface area contributed by atoms with Gasteiger partial charge in [-0.1, -0.05) is 26.2 Å². The SMILES string of the molecule is CCCCCC(Cl)CC=O.[H-].[K+]. The second kappa shape index (κ2) is 11.6. The Labute approximate surface area is 118 Å². The maximum atomic E-state index is 9.96. The number of unbranched alkanes of at least 4 members (excludes halogenated alkanes) is 2. The minimum atomic E-state index is 0. The molecular formula is C8H16ClKO. The summed E-state index contributed by atoms with van der Waals surface area (Å²) in [7, 11) is 0. The van der Waals surface area contributed by atoms with Crippen molar-refractivity contribution in [1.82, 2.24) is 0 Å². The molecule has 3 heteroatoms. The Kier molecular flexibility index (Phi) is 15.9. The third-order valence-corrected chi connectivity index (χ3v) is 1.87. The molecule has 0 aromatic heterocycles. The van der Waals surface area contributed by atoms with Crippen LogP contribution in [0.3, 0.4) is 0 Å². The molecular weight excluding hydrogens is 187 g/mol. The van der Waals surface area contributed by atoms with Crippen molar-refractivity contribution in [3.63, 3.8) is 0 Å². The van der Waals surface area contributed by atoms with E-state index in [2.05, 4.69) is 6.92 Å². The monoisotopic (exact) mass is 202 g/mol. The Balaban J connectivity index is -0.000000405. The molecule has 1 atom stereocenters. The van der Waals surface area contributed by atoms with Gasteiger partial charge in [0.2, 0.25) is 0 Å². The Bertz CT molecular complexity index is 93.1. The Morgan fingerprint density at radius 3 is 2.64 bits per heavy atom. The molecule has 0 bridgehead atoms. The summed E-state index contributed by atoms with van der Waals surface area (Å²) in [5.41, 5.74) is 0. The van der Waals surface area contributed by atoms with Gasteiger partial charge in [-0.05, 0) is 6.42 Å². The minimum Gasteiger partial charge on any atom is -1.00 e. The third kappa shape index (κ3) is 11.6. The molecule has 0 amide bonds. The van der Waals surface area contributed by atoms with Crippen LogP contribution in [0.1, 0.15) is 40.5 Å². The molecule has 0 fully saturated rings. The van der Waals surface area contributed by atoms with E-state index in [9.17, 15) is 4.79 Å².